The van der Waals surface area contributed by atoms with Gasteiger partial charge >= 0.3 is 0 Å². The highest BCUT2D eigenvalue weighted by Crippen LogP contribution is 2.55. The van der Waals surface area contributed by atoms with Gasteiger partial charge < -0.3 is 10.2 Å². The molecule has 3 rings (SSSR count). The Kier molecular flexibility index (Phi) is 2.62. The first-order chi connectivity index (χ1) is 8.19. The Hall–Kier alpha value is -1.02. The van der Waals surface area contributed by atoms with Crippen LogP contribution in [0.2, 0.25) is 0 Å². The summed E-state index contributed by atoms with van der Waals surface area (Å²) in [4.78, 5) is 0. The number of aromatic hydroxyl groups is 1. The molecule has 2 aliphatic carbocycles. The van der Waals surface area contributed by atoms with Crippen molar-refractivity contribution in [2.24, 2.45) is 17.8 Å². The molecule has 0 amide bonds. The maximum absolute atomic E-state index is 9.57. The summed E-state index contributed by atoms with van der Waals surface area (Å²) in [5, 5.41) is 18.9. The zero-order valence-corrected chi connectivity index (χ0v) is 10.3. The Morgan fingerprint density at radius 2 is 2.00 bits per heavy atom. The third kappa shape index (κ3) is 1.75. The number of fused-ring (bicyclic) bond motifs is 2. The van der Waals surface area contributed by atoms with E-state index in [0.29, 0.717) is 24.2 Å². The Bertz CT molecular complexity index is 427. The van der Waals surface area contributed by atoms with Crippen molar-refractivity contribution in [3.05, 3.63) is 29.3 Å². The number of aliphatic hydroxyl groups excluding tert-OH is 1. The highest BCUT2D eigenvalue weighted by molar-refractivity contribution is 5.37. The molecular formula is C15H20O2. The standard InChI is InChI=1S/C15H20O2/c1-9-4-10(2-3-15(9)17)14-7-11-5-12(14)6-13(11)8-16/h2-4,11-14,16-17H,5-8H2,1H3. The van der Waals surface area contributed by atoms with E-state index in [1.807, 2.05) is 13.0 Å². The largest absolute Gasteiger partial charge is 0.508 e. The number of benzene rings is 1. The SMILES string of the molecule is Cc1cc(C2CC3CC2CC3CO)ccc1O. The summed E-state index contributed by atoms with van der Waals surface area (Å²) in [5.74, 6) is 3.08. The molecule has 0 saturated heterocycles. The van der Waals surface area contributed by atoms with Crippen LogP contribution in [0.4, 0.5) is 0 Å². The summed E-state index contributed by atoms with van der Waals surface area (Å²) in [5.41, 5.74) is 2.35. The normalized spacial score (nSPS) is 35.4. The topological polar surface area (TPSA) is 40.5 Å². The average Bonchev–Trinajstić information content (AvgIpc) is 2.91. The third-order valence-corrected chi connectivity index (χ3v) is 4.89. The molecule has 1 aromatic carbocycles. The molecular weight excluding hydrogens is 212 g/mol. The van der Waals surface area contributed by atoms with Crippen molar-refractivity contribution >= 4 is 0 Å². The molecule has 2 heteroatoms. The Labute approximate surface area is 102 Å². The van der Waals surface area contributed by atoms with Gasteiger partial charge in [-0.1, -0.05) is 12.1 Å². The second-order valence-electron chi connectivity index (χ2n) is 5.82. The third-order valence-electron chi connectivity index (χ3n) is 4.89. The lowest BCUT2D eigenvalue weighted by atomic mass is 9.78. The van der Waals surface area contributed by atoms with Gasteiger partial charge in [-0.2, -0.15) is 0 Å². The first-order valence-corrected chi connectivity index (χ1v) is 6.59. The Balaban J connectivity index is 1.81. The lowest BCUT2D eigenvalue weighted by molar-refractivity contribution is 0.170. The van der Waals surface area contributed by atoms with Crippen LogP contribution in [0, 0.1) is 24.7 Å². The molecule has 0 aromatic heterocycles. The summed E-state index contributed by atoms with van der Waals surface area (Å²) in [6.45, 7) is 2.32. The molecule has 2 N–H and O–H groups in total. The smallest absolute Gasteiger partial charge is 0.118 e. The van der Waals surface area contributed by atoms with Crippen molar-refractivity contribution in [3.8, 4) is 5.75 Å². The average molecular weight is 232 g/mol. The minimum Gasteiger partial charge on any atom is -0.508 e. The highest BCUT2D eigenvalue weighted by atomic mass is 16.3. The van der Waals surface area contributed by atoms with Crippen LogP contribution in [-0.4, -0.2) is 16.8 Å². The molecule has 0 radical (unpaired) electrons. The van der Waals surface area contributed by atoms with Crippen molar-refractivity contribution in [3.63, 3.8) is 0 Å². The molecule has 1 aromatic rings. The fourth-order valence-electron chi connectivity index (χ4n) is 3.94. The molecule has 2 saturated carbocycles. The lowest BCUT2D eigenvalue weighted by Gasteiger charge is -2.27. The van der Waals surface area contributed by atoms with Gasteiger partial charge in [0.15, 0.2) is 0 Å². The van der Waals surface area contributed by atoms with Crippen LogP contribution in [0.5, 0.6) is 5.75 Å². The van der Waals surface area contributed by atoms with Crippen LogP contribution < -0.4 is 0 Å². The van der Waals surface area contributed by atoms with Gasteiger partial charge in [0.1, 0.15) is 5.75 Å². The van der Waals surface area contributed by atoms with Gasteiger partial charge in [0.25, 0.3) is 0 Å². The van der Waals surface area contributed by atoms with Crippen LogP contribution in [0.3, 0.4) is 0 Å². The van der Waals surface area contributed by atoms with Crippen molar-refractivity contribution < 1.29 is 10.2 Å². The van der Waals surface area contributed by atoms with Gasteiger partial charge in [-0.05, 0) is 67.1 Å². The maximum atomic E-state index is 9.57. The van der Waals surface area contributed by atoms with Crippen LogP contribution in [-0.2, 0) is 0 Å². The van der Waals surface area contributed by atoms with Crippen molar-refractivity contribution in [1.29, 1.82) is 0 Å². The van der Waals surface area contributed by atoms with E-state index >= 15 is 0 Å². The maximum Gasteiger partial charge on any atom is 0.118 e. The summed E-state index contributed by atoms with van der Waals surface area (Å²) >= 11 is 0. The van der Waals surface area contributed by atoms with Crippen LogP contribution >= 0.6 is 0 Å². The van der Waals surface area contributed by atoms with Gasteiger partial charge in [0.2, 0.25) is 0 Å². The summed E-state index contributed by atoms with van der Waals surface area (Å²) in [6.07, 6.45) is 3.70. The first-order valence-electron chi connectivity index (χ1n) is 6.59. The number of aryl methyl sites for hydroxylation is 1. The molecule has 4 unspecified atom stereocenters. The van der Waals surface area contributed by atoms with Gasteiger partial charge in [-0.15, -0.1) is 0 Å². The number of hydrogen-bond acceptors (Lipinski definition) is 2. The summed E-state index contributed by atoms with van der Waals surface area (Å²) in [7, 11) is 0. The molecule has 4 atom stereocenters. The van der Waals surface area contributed by atoms with Gasteiger partial charge in [0, 0.05) is 6.61 Å². The summed E-state index contributed by atoms with van der Waals surface area (Å²) < 4.78 is 0. The molecule has 0 spiro atoms. The molecule has 92 valence electrons. The number of hydrogen-bond donors (Lipinski definition) is 2. The quantitative estimate of drug-likeness (QED) is 0.823. The number of phenolic OH excluding ortho intramolecular Hbond substituents is 1. The Morgan fingerprint density at radius 1 is 1.18 bits per heavy atom. The van der Waals surface area contributed by atoms with Crippen LogP contribution in [0.1, 0.15) is 36.3 Å². The molecule has 2 bridgehead atoms. The minimum atomic E-state index is 0.364. The molecule has 17 heavy (non-hydrogen) atoms. The summed E-state index contributed by atoms with van der Waals surface area (Å²) in [6, 6.07) is 6.02. The second-order valence-corrected chi connectivity index (χ2v) is 5.82. The van der Waals surface area contributed by atoms with Crippen LogP contribution in [0.15, 0.2) is 18.2 Å². The molecule has 2 nitrogen and oxygen atoms in total. The fourth-order valence-corrected chi connectivity index (χ4v) is 3.94. The molecule has 2 fully saturated rings. The van der Waals surface area contributed by atoms with Crippen molar-refractivity contribution in [2.45, 2.75) is 32.1 Å². The minimum absolute atomic E-state index is 0.364. The van der Waals surface area contributed by atoms with Crippen LogP contribution in [0.25, 0.3) is 0 Å². The molecule has 2 aliphatic rings. The van der Waals surface area contributed by atoms with E-state index < -0.39 is 0 Å². The van der Waals surface area contributed by atoms with E-state index in [1.165, 1.54) is 24.8 Å². The second kappa shape index (κ2) is 4.02. The highest BCUT2D eigenvalue weighted by Gasteiger charge is 2.45. The number of rotatable bonds is 2. The van der Waals surface area contributed by atoms with E-state index in [9.17, 15) is 10.2 Å². The van der Waals surface area contributed by atoms with E-state index in [2.05, 4.69) is 12.1 Å². The van der Waals surface area contributed by atoms with E-state index in [4.69, 9.17) is 0 Å². The van der Waals surface area contributed by atoms with Crippen molar-refractivity contribution in [1.82, 2.24) is 0 Å². The first kappa shape index (κ1) is 11.1. The van der Waals surface area contributed by atoms with E-state index in [1.54, 1.807) is 0 Å². The van der Waals surface area contributed by atoms with Gasteiger partial charge in [0.05, 0.1) is 0 Å². The van der Waals surface area contributed by atoms with E-state index in [0.717, 1.165) is 17.4 Å². The monoisotopic (exact) mass is 232 g/mol. The predicted octanol–water partition coefficient (Wildman–Crippen LogP) is 2.82. The molecule has 0 aliphatic heterocycles. The number of aliphatic hydroxyl groups is 1. The van der Waals surface area contributed by atoms with Gasteiger partial charge in [-0.25, -0.2) is 0 Å². The predicted molar refractivity (Wildman–Crippen MR) is 67.0 cm³/mol. The zero-order valence-electron chi connectivity index (χ0n) is 10.3. The van der Waals surface area contributed by atoms with Gasteiger partial charge in [-0.3, -0.25) is 0 Å². The lowest BCUT2D eigenvalue weighted by Crippen LogP contribution is -2.19. The Morgan fingerprint density at radius 3 is 2.59 bits per heavy atom. The zero-order chi connectivity index (χ0) is 12.0. The molecule has 0 heterocycles. The number of phenols is 1. The van der Waals surface area contributed by atoms with Crippen molar-refractivity contribution in [2.75, 3.05) is 6.61 Å². The fraction of sp³-hybridized carbons (Fsp3) is 0.600. The van der Waals surface area contributed by atoms with E-state index in [-0.39, 0.29) is 0 Å².